The van der Waals surface area contributed by atoms with Crippen molar-refractivity contribution >= 4 is 5.91 Å². The summed E-state index contributed by atoms with van der Waals surface area (Å²) < 4.78 is 11.3. The molecule has 0 bridgehead atoms. The molecule has 1 aromatic carbocycles. The summed E-state index contributed by atoms with van der Waals surface area (Å²) in [6.45, 7) is 6.63. The zero-order valence-electron chi connectivity index (χ0n) is 16.2. The average Bonchev–Trinajstić information content (AvgIpc) is 3.28. The number of ether oxygens (including phenoxy) is 1. The third-order valence-corrected chi connectivity index (χ3v) is 4.75. The first-order valence-corrected chi connectivity index (χ1v) is 9.31. The number of benzene rings is 1. The van der Waals surface area contributed by atoms with E-state index in [0.29, 0.717) is 42.1 Å². The van der Waals surface area contributed by atoms with E-state index in [0.717, 1.165) is 17.9 Å². The maximum absolute atomic E-state index is 12.8. The number of carbonyl (C=O) groups excluding carboxylic acids is 1. The van der Waals surface area contributed by atoms with E-state index in [1.807, 2.05) is 43.3 Å². The molecule has 0 unspecified atom stereocenters. The Labute approximate surface area is 163 Å². The molecule has 0 N–H and O–H groups in total. The largest absolute Gasteiger partial charge is 0.439 e. The van der Waals surface area contributed by atoms with E-state index in [-0.39, 0.29) is 11.8 Å². The molecule has 3 aromatic rings. The van der Waals surface area contributed by atoms with Crippen LogP contribution in [0.5, 0.6) is 11.6 Å². The number of likely N-dealkylation sites (tertiary alicyclic amines) is 1. The number of nitrogens with zero attached hydrogens (tertiary/aromatic N) is 4. The zero-order valence-corrected chi connectivity index (χ0v) is 16.2. The van der Waals surface area contributed by atoms with Crippen molar-refractivity contribution in [3.8, 4) is 11.6 Å². The molecule has 1 atom stereocenters. The van der Waals surface area contributed by atoms with Gasteiger partial charge in [0.2, 0.25) is 11.6 Å². The molecule has 1 fully saturated rings. The van der Waals surface area contributed by atoms with Crippen LogP contribution in [0.2, 0.25) is 0 Å². The van der Waals surface area contributed by atoms with Gasteiger partial charge in [-0.15, -0.1) is 0 Å². The Morgan fingerprint density at radius 2 is 1.93 bits per heavy atom. The molecule has 1 saturated heterocycles. The number of amides is 1. The Balaban J connectivity index is 1.51. The lowest BCUT2D eigenvalue weighted by Crippen LogP contribution is -2.28. The minimum Gasteiger partial charge on any atom is -0.439 e. The first-order chi connectivity index (χ1) is 13.5. The molecule has 1 aliphatic rings. The molecule has 7 heteroatoms. The molecular weight excluding hydrogens is 356 g/mol. The fraction of sp³-hybridized carbons (Fsp3) is 0.333. The van der Waals surface area contributed by atoms with Crippen molar-refractivity contribution in [2.24, 2.45) is 0 Å². The lowest BCUT2D eigenvalue weighted by molar-refractivity contribution is 0.0756. The molecule has 4 rings (SSSR count). The van der Waals surface area contributed by atoms with Gasteiger partial charge in [0.15, 0.2) is 5.89 Å². The van der Waals surface area contributed by atoms with Crippen LogP contribution < -0.4 is 4.74 Å². The number of aromatic nitrogens is 3. The maximum Gasteiger partial charge on any atom is 0.291 e. The van der Waals surface area contributed by atoms with Gasteiger partial charge in [0.05, 0.1) is 5.69 Å². The Morgan fingerprint density at radius 3 is 2.64 bits per heavy atom. The lowest BCUT2D eigenvalue weighted by atomic mass is 10.1. The van der Waals surface area contributed by atoms with Gasteiger partial charge in [0, 0.05) is 37.7 Å². The first kappa shape index (κ1) is 18.2. The minimum absolute atomic E-state index is 0.0614. The highest BCUT2D eigenvalue weighted by molar-refractivity contribution is 5.92. The van der Waals surface area contributed by atoms with Crippen LogP contribution in [-0.2, 0) is 0 Å². The molecular formula is C21H22N4O3. The summed E-state index contributed by atoms with van der Waals surface area (Å²) in [4.78, 5) is 27.9. The van der Waals surface area contributed by atoms with Gasteiger partial charge in [0.1, 0.15) is 11.6 Å². The number of oxazole rings is 1. The number of rotatable bonds is 4. The number of aryl methyl sites for hydroxylation is 3. The Kier molecular flexibility index (Phi) is 4.81. The Bertz CT molecular complexity index is 1000. The third kappa shape index (κ3) is 3.74. The number of hydrogen-bond donors (Lipinski definition) is 0. The normalized spacial score (nSPS) is 16.4. The quantitative estimate of drug-likeness (QED) is 0.687. The van der Waals surface area contributed by atoms with Crippen molar-refractivity contribution < 1.29 is 13.9 Å². The topological polar surface area (TPSA) is 81.4 Å². The van der Waals surface area contributed by atoms with E-state index in [1.54, 1.807) is 18.7 Å². The SMILES string of the molecule is Cc1cc(Oc2ccccc2)nc([C@@H]2CCN(C(=O)c3oc(C)nc3C)C2)n1. The fourth-order valence-electron chi connectivity index (χ4n) is 3.43. The number of carbonyl (C=O) groups is 1. The smallest absolute Gasteiger partial charge is 0.291 e. The summed E-state index contributed by atoms with van der Waals surface area (Å²) in [5.41, 5.74) is 1.46. The summed E-state index contributed by atoms with van der Waals surface area (Å²) in [6, 6.07) is 11.3. The summed E-state index contributed by atoms with van der Waals surface area (Å²) in [6.07, 6.45) is 0.798. The van der Waals surface area contributed by atoms with E-state index in [2.05, 4.69) is 15.0 Å². The molecule has 0 saturated carbocycles. The molecule has 0 radical (unpaired) electrons. The highest BCUT2D eigenvalue weighted by atomic mass is 16.5. The number of hydrogen-bond acceptors (Lipinski definition) is 6. The monoisotopic (exact) mass is 378 g/mol. The fourth-order valence-corrected chi connectivity index (χ4v) is 3.43. The van der Waals surface area contributed by atoms with Gasteiger partial charge in [-0.1, -0.05) is 18.2 Å². The van der Waals surface area contributed by atoms with Crippen LogP contribution >= 0.6 is 0 Å². The number of para-hydroxylation sites is 1. The summed E-state index contributed by atoms with van der Waals surface area (Å²) in [5, 5.41) is 0. The van der Waals surface area contributed by atoms with Gasteiger partial charge in [-0.2, -0.15) is 4.98 Å². The van der Waals surface area contributed by atoms with Crippen molar-refractivity contribution in [1.29, 1.82) is 0 Å². The second-order valence-corrected chi connectivity index (χ2v) is 7.01. The first-order valence-electron chi connectivity index (χ1n) is 9.31. The molecule has 1 amide bonds. The van der Waals surface area contributed by atoms with E-state index in [1.165, 1.54) is 0 Å². The van der Waals surface area contributed by atoms with Crippen molar-refractivity contribution in [3.63, 3.8) is 0 Å². The predicted molar refractivity (Wildman–Crippen MR) is 103 cm³/mol. The van der Waals surface area contributed by atoms with Crippen molar-refractivity contribution in [2.75, 3.05) is 13.1 Å². The highest BCUT2D eigenvalue weighted by Gasteiger charge is 2.32. The van der Waals surface area contributed by atoms with Crippen LogP contribution in [-0.4, -0.2) is 38.8 Å². The van der Waals surface area contributed by atoms with Crippen LogP contribution in [0.25, 0.3) is 0 Å². The zero-order chi connectivity index (χ0) is 19.7. The van der Waals surface area contributed by atoms with Crippen molar-refractivity contribution in [1.82, 2.24) is 19.9 Å². The Morgan fingerprint density at radius 1 is 1.14 bits per heavy atom. The Hall–Kier alpha value is -3.22. The van der Waals surface area contributed by atoms with E-state index in [4.69, 9.17) is 9.15 Å². The van der Waals surface area contributed by atoms with Crippen LogP contribution in [0.3, 0.4) is 0 Å². The molecule has 28 heavy (non-hydrogen) atoms. The molecule has 144 valence electrons. The van der Waals surface area contributed by atoms with Gasteiger partial charge in [-0.25, -0.2) is 9.97 Å². The van der Waals surface area contributed by atoms with Crippen LogP contribution in [0.15, 0.2) is 40.8 Å². The molecule has 0 aliphatic carbocycles. The summed E-state index contributed by atoms with van der Waals surface area (Å²) in [5.74, 6) is 2.69. The van der Waals surface area contributed by atoms with Gasteiger partial charge in [-0.05, 0) is 32.4 Å². The maximum atomic E-state index is 12.8. The van der Waals surface area contributed by atoms with Crippen LogP contribution in [0.1, 0.15) is 46.0 Å². The van der Waals surface area contributed by atoms with Gasteiger partial charge >= 0.3 is 0 Å². The average molecular weight is 378 g/mol. The van der Waals surface area contributed by atoms with Crippen LogP contribution in [0, 0.1) is 20.8 Å². The standard InChI is InChI=1S/C21H22N4O3/c1-13-11-18(28-17-7-5-4-6-8-17)24-20(22-13)16-9-10-25(12-16)21(26)19-14(2)23-15(3)27-19/h4-8,11,16H,9-10,12H2,1-3H3/t16-/m1/s1. The predicted octanol–water partition coefficient (Wildman–Crippen LogP) is 3.81. The van der Waals surface area contributed by atoms with Gasteiger partial charge in [-0.3, -0.25) is 4.79 Å². The van der Waals surface area contributed by atoms with E-state index in [9.17, 15) is 4.79 Å². The molecule has 0 spiro atoms. The second-order valence-electron chi connectivity index (χ2n) is 7.01. The van der Waals surface area contributed by atoms with Gasteiger partial charge in [0.25, 0.3) is 5.91 Å². The summed E-state index contributed by atoms with van der Waals surface area (Å²) >= 11 is 0. The minimum atomic E-state index is -0.131. The summed E-state index contributed by atoms with van der Waals surface area (Å²) in [7, 11) is 0. The molecule has 3 heterocycles. The molecule has 2 aromatic heterocycles. The molecule has 7 nitrogen and oxygen atoms in total. The van der Waals surface area contributed by atoms with E-state index >= 15 is 0 Å². The van der Waals surface area contributed by atoms with Crippen molar-refractivity contribution in [2.45, 2.75) is 33.1 Å². The van der Waals surface area contributed by atoms with Crippen LogP contribution in [0.4, 0.5) is 0 Å². The van der Waals surface area contributed by atoms with Crippen molar-refractivity contribution in [3.05, 3.63) is 65.3 Å². The third-order valence-electron chi connectivity index (χ3n) is 4.75. The molecule has 1 aliphatic heterocycles. The lowest BCUT2D eigenvalue weighted by Gasteiger charge is -2.15. The highest BCUT2D eigenvalue weighted by Crippen LogP contribution is 2.29. The second kappa shape index (κ2) is 7.42. The van der Waals surface area contributed by atoms with Gasteiger partial charge < -0.3 is 14.1 Å². The van der Waals surface area contributed by atoms with E-state index < -0.39 is 0 Å².